The Bertz CT molecular complexity index is 759. The van der Waals surface area contributed by atoms with Crippen molar-refractivity contribution in [2.45, 2.75) is 133 Å². The second-order valence-electron chi connectivity index (χ2n) is 13.8. The van der Waals surface area contributed by atoms with Crippen LogP contribution in [0.4, 0.5) is 0 Å². The van der Waals surface area contributed by atoms with Gasteiger partial charge in [-0.05, 0) is 82.5 Å². The molecule has 4 heterocycles. The van der Waals surface area contributed by atoms with Crippen LogP contribution < -0.4 is 0 Å². The lowest BCUT2D eigenvalue weighted by Gasteiger charge is -2.45. The van der Waals surface area contributed by atoms with Crippen molar-refractivity contribution in [1.29, 1.82) is 0 Å². The van der Waals surface area contributed by atoms with Gasteiger partial charge >= 0.3 is 0 Å². The van der Waals surface area contributed by atoms with Crippen molar-refractivity contribution >= 4 is 23.5 Å². The number of ether oxygens (including phenoxy) is 5. The molecule has 2 aliphatic carbocycles. The van der Waals surface area contributed by atoms with E-state index in [2.05, 4.69) is 49.5 Å². The standard InChI is InChI=1S/C23H38O3S2.C10H18O3/c1-22(2)15-25-23(26-16-22)12-11-17(7-9-20(24)18-5-3-4-6-18)19(23)8-10-21-27-13-14-28-21;1-3-7-11-9(5-1)13-10-6-2-4-8-12-10/h7,9,17-21,24H,3-6,8,10-16H2,1-2H3;9-10H,1-8H2. The first kappa shape index (κ1) is 32.6. The van der Waals surface area contributed by atoms with E-state index in [1.807, 2.05) is 0 Å². The average Bonchev–Trinajstić information content (AvgIpc) is 3.77. The highest BCUT2D eigenvalue weighted by atomic mass is 32.2. The van der Waals surface area contributed by atoms with E-state index in [1.165, 1.54) is 75.7 Å². The van der Waals surface area contributed by atoms with E-state index in [9.17, 15) is 5.11 Å². The molecule has 4 aliphatic heterocycles. The molecule has 6 fully saturated rings. The quantitative estimate of drug-likeness (QED) is 0.282. The van der Waals surface area contributed by atoms with Crippen LogP contribution in [0.5, 0.6) is 0 Å². The van der Waals surface area contributed by atoms with Gasteiger partial charge in [-0.15, -0.1) is 23.5 Å². The molecule has 0 amide bonds. The van der Waals surface area contributed by atoms with Gasteiger partial charge in [-0.1, -0.05) is 38.8 Å². The molecule has 0 radical (unpaired) electrons. The highest BCUT2D eigenvalue weighted by Gasteiger charge is 2.53. The van der Waals surface area contributed by atoms with Gasteiger partial charge in [0.25, 0.3) is 0 Å². The van der Waals surface area contributed by atoms with E-state index in [1.54, 1.807) is 0 Å². The van der Waals surface area contributed by atoms with Gasteiger partial charge in [0.2, 0.25) is 0 Å². The van der Waals surface area contributed by atoms with Crippen molar-refractivity contribution < 1.29 is 28.8 Å². The number of aliphatic hydroxyl groups is 1. The third kappa shape index (κ3) is 9.59. The Kier molecular flexibility index (Phi) is 12.7. The Morgan fingerprint density at radius 2 is 1.44 bits per heavy atom. The van der Waals surface area contributed by atoms with Crippen molar-refractivity contribution in [3.05, 3.63) is 12.2 Å². The number of thioether (sulfide) groups is 2. The Balaban J connectivity index is 0.000000216. The number of aliphatic hydroxyl groups excluding tert-OH is 1. The fourth-order valence-corrected chi connectivity index (χ4v) is 10.1. The lowest BCUT2D eigenvalue weighted by atomic mass is 9.85. The molecule has 0 aromatic heterocycles. The molecule has 5 atom stereocenters. The average molecular weight is 613 g/mol. The summed E-state index contributed by atoms with van der Waals surface area (Å²) in [6.45, 7) is 7.72. The Labute approximate surface area is 257 Å². The van der Waals surface area contributed by atoms with Crippen LogP contribution in [0.15, 0.2) is 12.2 Å². The first-order chi connectivity index (χ1) is 19.9. The summed E-state index contributed by atoms with van der Waals surface area (Å²) < 4.78 is 30.3. The van der Waals surface area contributed by atoms with E-state index >= 15 is 0 Å². The molecule has 0 aromatic rings. The first-order valence-electron chi connectivity index (χ1n) is 16.7. The number of rotatable bonds is 8. The van der Waals surface area contributed by atoms with Gasteiger partial charge in [0.05, 0.1) is 23.9 Å². The summed E-state index contributed by atoms with van der Waals surface area (Å²) in [5.74, 6) is 3.55. The maximum Gasteiger partial charge on any atom is 0.171 e. The molecule has 1 N–H and O–H groups in total. The van der Waals surface area contributed by atoms with E-state index in [0.717, 1.165) is 56.7 Å². The maximum atomic E-state index is 10.6. The summed E-state index contributed by atoms with van der Waals surface area (Å²) in [6, 6.07) is 0. The van der Waals surface area contributed by atoms with Crippen molar-refractivity contribution in [3.8, 4) is 0 Å². The van der Waals surface area contributed by atoms with Gasteiger partial charge in [0.1, 0.15) is 0 Å². The van der Waals surface area contributed by atoms with Crippen LogP contribution in [0.25, 0.3) is 0 Å². The largest absolute Gasteiger partial charge is 0.389 e. The van der Waals surface area contributed by atoms with Crippen molar-refractivity contribution in [2.24, 2.45) is 23.2 Å². The Morgan fingerprint density at radius 1 is 0.829 bits per heavy atom. The Hall–Kier alpha value is 0.200. The zero-order valence-corrected chi connectivity index (χ0v) is 27.3. The molecule has 4 saturated heterocycles. The minimum absolute atomic E-state index is 0.00292. The molecule has 6 aliphatic rings. The maximum absolute atomic E-state index is 10.6. The summed E-state index contributed by atoms with van der Waals surface area (Å²) in [4.78, 5) is 0. The number of allylic oxidation sites excluding steroid dienone is 1. The van der Waals surface area contributed by atoms with Crippen LogP contribution >= 0.6 is 23.5 Å². The monoisotopic (exact) mass is 612 g/mol. The van der Waals surface area contributed by atoms with Crippen LogP contribution in [0, 0.1) is 23.2 Å². The predicted octanol–water partition coefficient (Wildman–Crippen LogP) is 7.53. The second kappa shape index (κ2) is 16.0. The normalized spacial score (nSPS) is 35.1. The van der Waals surface area contributed by atoms with E-state index in [-0.39, 0.29) is 24.1 Å². The molecule has 2 saturated carbocycles. The van der Waals surface area contributed by atoms with E-state index in [0.29, 0.717) is 17.8 Å². The van der Waals surface area contributed by atoms with Crippen molar-refractivity contribution in [3.63, 3.8) is 0 Å². The van der Waals surface area contributed by atoms with Gasteiger partial charge in [-0.3, -0.25) is 0 Å². The summed E-state index contributed by atoms with van der Waals surface area (Å²) in [5, 5.41) is 10.6. The molecular weight excluding hydrogens is 556 g/mol. The van der Waals surface area contributed by atoms with Gasteiger partial charge in [0.15, 0.2) is 18.4 Å². The second-order valence-corrected chi connectivity index (χ2v) is 16.7. The van der Waals surface area contributed by atoms with Gasteiger partial charge in [-0.25, -0.2) is 0 Å². The van der Waals surface area contributed by atoms with E-state index in [4.69, 9.17) is 23.7 Å². The molecule has 236 valence electrons. The molecule has 0 bridgehead atoms. The van der Waals surface area contributed by atoms with Gasteiger partial charge in [-0.2, -0.15) is 0 Å². The minimum Gasteiger partial charge on any atom is -0.389 e. The molecule has 41 heavy (non-hydrogen) atoms. The molecule has 6 nitrogen and oxygen atoms in total. The molecule has 8 heteroatoms. The Morgan fingerprint density at radius 3 is 2.02 bits per heavy atom. The van der Waals surface area contributed by atoms with Gasteiger partial charge in [0, 0.05) is 42.5 Å². The molecule has 5 unspecified atom stereocenters. The van der Waals surface area contributed by atoms with Crippen LogP contribution in [0.3, 0.4) is 0 Å². The predicted molar refractivity (Wildman–Crippen MR) is 168 cm³/mol. The molecular formula is C33H56O6S2. The lowest BCUT2D eigenvalue weighted by molar-refractivity contribution is -0.316. The minimum atomic E-state index is -0.392. The van der Waals surface area contributed by atoms with Crippen LogP contribution in [-0.4, -0.2) is 72.1 Å². The van der Waals surface area contributed by atoms with Crippen molar-refractivity contribution in [2.75, 3.05) is 37.9 Å². The summed E-state index contributed by atoms with van der Waals surface area (Å²) in [6.07, 6.45) is 20.4. The zero-order valence-electron chi connectivity index (χ0n) is 25.6. The highest BCUT2D eigenvalue weighted by molar-refractivity contribution is 8.20. The highest BCUT2D eigenvalue weighted by Crippen LogP contribution is 2.51. The third-order valence-electron chi connectivity index (χ3n) is 9.74. The molecule has 0 aromatic carbocycles. The van der Waals surface area contributed by atoms with E-state index < -0.39 is 5.79 Å². The number of hydrogen-bond acceptors (Lipinski definition) is 8. The van der Waals surface area contributed by atoms with Crippen LogP contribution in [0.2, 0.25) is 0 Å². The summed E-state index contributed by atoms with van der Waals surface area (Å²) in [7, 11) is 0. The lowest BCUT2D eigenvalue weighted by Crippen LogP contribution is -2.50. The van der Waals surface area contributed by atoms with Gasteiger partial charge < -0.3 is 28.8 Å². The number of hydrogen-bond donors (Lipinski definition) is 1. The van der Waals surface area contributed by atoms with Crippen molar-refractivity contribution in [1.82, 2.24) is 0 Å². The van der Waals surface area contributed by atoms with Crippen LogP contribution in [-0.2, 0) is 23.7 Å². The smallest absolute Gasteiger partial charge is 0.171 e. The molecule has 6 rings (SSSR count). The topological polar surface area (TPSA) is 66.4 Å². The summed E-state index contributed by atoms with van der Waals surface area (Å²) in [5.41, 5.74) is 0.111. The summed E-state index contributed by atoms with van der Waals surface area (Å²) >= 11 is 4.24. The third-order valence-corrected chi connectivity index (χ3v) is 12.9. The fourth-order valence-electron chi connectivity index (χ4n) is 7.23. The fraction of sp³-hybridized carbons (Fsp3) is 0.939. The first-order valence-corrected chi connectivity index (χ1v) is 18.8. The zero-order chi connectivity index (χ0) is 28.5. The molecule has 1 spiro atoms. The van der Waals surface area contributed by atoms with Crippen LogP contribution in [0.1, 0.15) is 104 Å². The SMILES string of the molecule is C1CCC(OC2CCCCO2)OC1.CC1(C)COC2(CCC(C=CC(O)C3CCCC3)C2CCC2SCCS2)OC1.